The molecule has 2 unspecified atom stereocenters. The third kappa shape index (κ3) is 6.66. The second-order valence-corrected chi connectivity index (χ2v) is 4.88. The van der Waals surface area contributed by atoms with Gasteiger partial charge in [0.05, 0.1) is 0 Å². The zero-order chi connectivity index (χ0) is 11.4. The van der Waals surface area contributed by atoms with Crippen LogP contribution >= 0.6 is 0 Å². The molecule has 0 radical (unpaired) electrons. The van der Waals surface area contributed by atoms with Crippen LogP contribution in [0.3, 0.4) is 0 Å². The molecule has 0 fully saturated rings. The van der Waals surface area contributed by atoms with Gasteiger partial charge in [-0.3, -0.25) is 4.79 Å². The van der Waals surface area contributed by atoms with Crippen LogP contribution in [0.2, 0.25) is 0 Å². The summed E-state index contributed by atoms with van der Waals surface area (Å²) < 4.78 is 0. The van der Waals surface area contributed by atoms with Crippen LogP contribution in [0.15, 0.2) is 12.2 Å². The van der Waals surface area contributed by atoms with Crippen molar-refractivity contribution in [3.63, 3.8) is 0 Å². The monoisotopic (exact) mass is 199 g/mol. The van der Waals surface area contributed by atoms with Gasteiger partial charge in [-0.05, 0) is 17.8 Å². The van der Waals surface area contributed by atoms with Gasteiger partial charge in [0.15, 0.2) is 0 Å². The fourth-order valence-corrected chi connectivity index (χ4v) is 1.03. The van der Waals surface area contributed by atoms with Gasteiger partial charge in [0.25, 0.3) is 0 Å². The predicted molar refractivity (Wildman–Crippen MR) is 58.0 cm³/mol. The molecule has 0 rings (SSSR count). The number of carboxylic acid groups (broad SMARTS) is 1. The summed E-state index contributed by atoms with van der Waals surface area (Å²) in [7, 11) is 0. The van der Waals surface area contributed by atoms with Crippen LogP contribution in [-0.4, -0.2) is 17.1 Å². The minimum Gasteiger partial charge on any atom is -0.480 e. The maximum Gasteiger partial charge on any atom is 0.320 e. The lowest BCUT2D eigenvalue weighted by Gasteiger charge is -2.14. The fraction of sp³-hybridized carbons (Fsp3) is 0.727. The van der Waals surface area contributed by atoms with Crippen molar-refractivity contribution in [1.29, 1.82) is 0 Å². The normalized spacial score (nSPS) is 16.9. The fourth-order valence-electron chi connectivity index (χ4n) is 1.03. The molecule has 0 aromatic heterocycles. The molecule has 0 amide bonds. The summed E-state index contributed by atoms with van der Waals surface area (Å²) in [4.78, 5) is 10.5. The summed E-state index contributed by atoms with van der Waals surface area (Å²) in [5, 5.41) is 8.61. The van der Waals surface area contributed by atoms with Crippen molar-refractivity contribution in [3.8, 4) is 0 Å². The third-order valence-electron chi connectivity index (χ3n) is 1.87. The van der Waals surface area contributed by atoms with Crippen LogP contribution in [0, 0.1) is 11.3 Å². The number of carbonyl (C=O) groups is 1. The Labute approximate surface area is 86.0 Å². The Bertz CT molecular complexity index is 216. The molecule has 3 heteroatoms. The van der Waals surface area contributed by atoms with E-state index in [1.807, 2.05) is 13.0 Å². The first-order chi connectivity index (χ1) is 6.22. The lowest BCUT2D eigenvalue weighted by atomic mass is 9.92. The van der Waals surface area contributed by atoms with Gasteiger partial charge >= 0.3 is 5.97 Å². The minimum atomic E-state index is -0.930. The number of hydrogen-bond acceptors (Lipinski definition) is 2. The number of aliphatic carboxylic acids is 1. The number of nitrogens with two attached hydrogens (primary N) is 1. The molecular weight excluding hydrogens is 178 g/mol. The first kappa shape index (κ1) is 13.2. The maximum atomic E-state index is 10.5. The van der Waals surface area contributed by atoms with E-state index in [2.05, 4.69) is 26.8 Å². The Balaban J connectivity index is 4.05. The van der Waals surface area contributed by atoms with Crippen molar-refractivity contribution < 1.29 is 9.90 Å². The minimum absolute atomic E-state index is 0.140. The first-order valence-corrected chi connectivity index (χ1v) is 4.90. The molecule has 3 N–H and O–H groups in total. The molecule has 3 nitrogen and oxygen atoms in total. The molecule has 0 heterocycles. The van der Waals surface area contributed by atoms with E-state index in [4.69, 9.17) is 10.8 Å². The number of allylic oxidation sites excluding steroid dienone is 2. The molecule has 14 heavy (non-hydrogen) atoms. The van der Waals surface area contributed by atoms with E-state index >= 15 is 0 Å². The summed E-state index contributed by atoms with van der Waals surface area (Å²) in [5.74, 6) is -0.721. The van der Waals surface area contributed by atoms with Crippen molar-refractivity contribution in [2.45, 2.75) is 40.2 Å². The lowest BCUT2D eigenvalue weighted by molar-refractivity contribution is -0.138. The van der Waals surface area contributed by atoms with Gasteiger partial charge in [-0.15, -0.1) is 0 Å². The highest BCUT2D eigenvalue weighted by Crippen LogP contribution is 2.17. The topological polar surface area (TPSA) is 63.3 Å². The maximum absolute atomic E-state index is 10.5. The number of rotatable bonds is 4. The number of carboxylic acids is 1. The van der Waals surface area contributed by atoms with Gasteiger partial charge in [-0.1, -0.05) is 39.8 Å². The van der Waals surface area contributed by atoms with Gasteiger partial charge in [-0.25, -0.2) is 0 Å². The van der Waals surface area contributed by atoms with Crippen molar-refractivity contribution in [2.24, 2.45) is 17.1 Å². The van der Waals surface area contributed by atoms with Crippen LogP contribution in [0.25, 0.3) is 0 Å². The van der Waals surface area contributed by atoms with Crippen LogP contribution in [0.4, 0.5) is 0 Å². The van der Waals surface area contributed by atoms with E-state index in [1.165, 1.54) is 0 Å². The molecule has 0 saturated heterocycles. The molecule has 82 valence electrons. The van der Waals surface area contributed by atoms with Gasteiger partial charge < -0.3 is 10.8 Å². The van der Waals surface area contributed by atoms with Gasteiger partial charge in [0.1, 0.15) is 6.04 Å². The zero-order valence-corrected chi connectivity index (χ0v) is 9.45. The molecular formula is C11H21NO2. The Morgan fingerprint density at radius 2 is 2.00 bits per heavy atom. The van der Waals surface area contributed by atoms with E-state index in [-0.39, 0.29) is 11.3 Å². The second kappa shape index (κ2) is 5.15. The largest absolute Gasteiger partial charge is 0.480 e. The van der Waals surface area contributed by atoms with Gasteiger partial charge in [-0.2, -0.15) is 0 Å². The Morgan fingerprint density at radius 1 is 1.50 bits per heavy atom. The molecule has 2 atom stereocenters. The van der Waals surface area contributed by atoms with Gasteiger partial charge in [0.2, 0.25) is 0 Å². The SMILES string of the molecule is CC(/C=C/C(C)(C)C)CC(N)C(=O)O. The molecule has 0 aromatic rings. The van der Waals surface area contributed by atoms with Crippen molar-refractivity contribution in [2.75, 3.05) is 0 Å². The van der Waals surface area contributed by atoms with Gasteiger partial charge in [0, 0.05) is 0 Å². The van der Waals surface area contributed by atoms with Crippen LogP contribution in [0.5, 0.6) is 0 Å². The standard InChI is InChI=1S/C11H21NO2/c1-8(5-6-11(2,3)4)7-9(12)10(13)14/h5-6,8-9H,7,12H2,1-4H3,(H,13,14)/b6-5+. The highest BCUT2D eigenvalue weighted by molar-refractivity contribution is 5.73. The zero-order valence-electron chi connectivity index (χ0n) is 9.45. The quantitative estimate of drug-likeness (QED) is 0.681. The average Bonchev–Trinajstić information content (AvgIpc) is 1.99. The van der Waals surface area contributed by atoms with Crippen LogP contribution < -0.4 is 5.73 Å². The van der Waals surface area contributed by atoms with E-state index in [9.17, 15) is 4.79 Å². The first-order valence-electron chi connectivity index (χ1n) is 4.90. The summed E-state index contributed by atoms with van der Waals surface area (Å²) in [6, 6.07) is -0.755. The lowest BCUT2D eigenvalue weighted by Crippen LogP contribution is -2.31. The molecule has 0 aromatic carbocycles. The van der Waals surface area contributed by atoms with Crippen molar-refractivity contribution >= 4 is 5.97 Å². The van der Waals surface area contributed by atoms with E-state index < -0.39 is 12.0 Å². The molecule has 0 aliphatic heterocycles. The van der Waals surface area contributed by atoms with Crippen LogP contribution in [0.1, 0.15) is 34.1 Å². The van der Waals surface area contributed by atoms with Crippen molar-refractivity contribution in [1.82, 2.24) is 0 Å². The second-order valence-electron chi connectivity index (χ2n) is 4.88. The van der Waals surface area contributed by atoms with Crippen molar-refractivity contribution in [3.05, 3.63) is 12.2 Å². The highest BCUT2D eigenvalue weighted by atomic mass is 16.4. The average molecular weight is 199 g/mol. The summed E-state index contributed by atoms with van der Waals surface area (Å²) in [6.45, 7) is 8.29. The summed E-state index contributed by atoms with van der Waals surface area (Å²) in [6.07, 6.45) is 4.61. The molecule has 0 bridgehead atoms. The Hall–Kier alpha value is -0.830. The van der Waals surface area contributed by atoms with Crippen LogP contribution in [-0.2, 0) is 4.79 Å². The molecule has 0 spiro atoms. The van der Waals surface area contributed by atoms with E-state index in [1.54, 1.807) is 0 Å². The Kier molecular flexibility index (Phi) is 4.85. The predicted octanol–water partition coefficient (Wildman–Crippen LogP) is 2.03. The molecule has 0 aliphatic carbocycles. The molecule has 0 saturated carbocycles. The third-order valence-corrected chi connectivity index (χ3v) is 1.87. The summed E-state index contributed by atoms with van der Waals surface area (Å²) in [5.41, 5.74) is 5.56. The van der Waals surface area contributed by atoms with E-state index in [0.29, 0.717) is 6.42 Å². The highest BCUT2D eigenvalue weighted by Gasteiger charge is 2.14. The van der Waals surface area contributed by atoms with E-state index in [0.717, 1.165) is 0 Å². The summed E-state index contributed by atoms with van der Waals surface area (Å²) >= 11 is 0. The Morgan fingerprint density at radius 3 is 2.36 bits per heavy atom. The number of hydrogen-bond donors (Lipinski definition) is 2. The smallest absolute Gasteiger partial charge is 0.320 e. The molecule has 0 aliphatic rings.